The van der Waals surface area contributed by atoms with E-state index in [0.717, 1.165) is 29.7 Å². The Kier molecular flexibility index (Phi) is 6.86. The lowest BCUT2D eigenvalue weighted by Gasteiger charge is -2.25. The van der Waals surface area contributed by atoms with Gasteiger partial charge in [-0.1, -0.05) is 11.8 Å². The molecule has 2 aliphatic rings. The number of nitrogens with two attached hydrogens (primary N) is 1. The van der Waals surface area contributed by atoms with Gasteiger partial charge >= 0.3 is 0 Å². The molecule has 1 aliphatic carbocycles. The number of thiophene rings is 1. The van der Waals surface area contributed by atoms with Crippen molar-refractivity contribution in [3.05, 3.63) is 34.3 Å². The minimum atomic E-state index is -3.62. The quantitative estimate of drug-likeness (QED) is 0.559. The van der Waals surface area contributed by atoms with E-state index in [4.69, 9.17) is 10.5 Å². The minimum Gasteiger partial charge on any atom is -0.379 e. The summed E-state index contributed by atoms with van der Waals surface area (Å²) in [7, 11) is -3.62. The first kappa shape index (κ1) is 23.2. The number of morpholine rings is 1. The SMILES string of the molecule is C[C@H](Sc1ccc(S(=O)(=O)N2CCOCC2)cn1)C(=O)Nc1sc2c(c1C(N)=O)CCC2. The van der Waals surface area contributed by atoms with Gasteiger partial charge < -0.3 is 15.8 Å². The Morgan fingerprint density at radius 3 is 2.69 bits per heavy atom. The summed E-state index contributed by atoms with van der Waals surface area (Å²) < 4.78 is 32.0. The Labute approximate surface area is 194 Å². The van der Waals surface area contributed by atoms with Crippen LogP contribution in [-0.4, -0.2) is 61.1 Å². The molecule has 4 rings (SSSR count). The van der Waals surface area contributed by atoms with Crippen LogP contribution in [0.3, 0.4) is 0 Å². The minimum absolute atomic E-state index is 0.111. The van der Waals surface area contributed by atoms with Crippen LogP contribution >= 0.6 is 23.1 Å². The van der Waals surface area contributed by atoms with Gasteiger partial charge in [-0.2, -0.15) is 4.31 Å². The number of rotatable bonds is 7. The van der Waals surface area contributed by atoms with Crippen molar-refractivity contribution in [1.29, 1.82) is 0 Å². The topological polar surface area (TPSA) is 132 Å². The summed E-state index contributed by atoms with van der Waals surface area (Å²) in [5, 5.41) is 3.35. The molecule has 32 heavy (non-hydrogen) atoms. The van der Waals surface area contributed by atoms with E-state index >= 15 is 0 Å². The highest BCUT2D eigenvalue weighted by Crippen LogP contribution is 2.39. The van der Waals surface area contributed by atoms with E-state index in [2.05, 4.69) is 10.3 Å². The standard InChI is InChI=1S/C20H24N4O5S3/c1-12(19(26)23-20-17(18(21)25)14-3-2-4-15(14)31-20)30-16-6-5-13(11-22-16)32(27,28)24-7-9-29-10-8-24/h5-6,11-12H,2-4,7-10H2,1H3,(H2,21,25)(H,23,26)/t12-/m0/s1. The molecule has 0 aromatic carbocycles. The molecule has 2 aromatic heterocycles. The van der Waals surface area contributed by atoms with Crippen LogP contribution in [0.5, 0.6) is 0 Å². The average molecular weight is 497 g/mol. The molecule has 2 amide bonds. The highest BCUT2D eigenvalue weighted by molar-refractivity contribution is 8.00. The smallest absolute Gasteiger partial charge is 0.251 e. The van der Waals surface area contributed by atoms with Crippen molar-refractivity contribution < 1.29 is 22.7 Å². The molecule has 1 atom stereocenters. The number of aromatic nitrogens is 1. The Balaban J connectivity index is 1.41. The van der Waals surface area contributed by atoms with Gasteiger partial charge in [0.05, 0.1) is 29.1 Å². The second-order valence-electron chi connectivity index (χ2n) is 7.52. The van der Waals surface area contributed by atoms with Crippen molar-refractivity contribution in [3.8, 4) is 0 Å². The molecule has 172 valence electrons. The summed E-state index contributed by atoms with van der Waals surface area (Å²) in [6, 6.07) is 3.09. The van der Waals surface area contributed by atoms with E-state index in [0.29, 0.717) is 41.9 Å². The van der Waals surface area contributed by atoms with Crippen molar-refractivity contribution in [2.75, 3.05) is 31.6 Å². The van der Waals surface area contributed by atoms with Crippen LogP contribution in [-0.2, 0) is 32.4 Å². The van der Waals surface area contributed by atoms with Crippen LogP contribution in [0.4, 0.5) is 5.00 Å². The van der Waals surface area contributed by atoms with Gasteiger partial charge in [0.1, 0.15) is 9.90 Å². The van der Waals surface area contributed by atoms with Gasteiger partial charge in [-0.05, 0) is 43.9 Å². The second kappa shape index (κ2) is 9.48. The third-order valence-corrected chi connectivity index (χ3v) is 9.53. The van der Waals surface area contributed by atoms with Gasteiger partial charge in [-0.3, -0.25) is 9.59 Å². The Hall–Kier alpha value is -1.99. The molecule has 0 saturated carbocycles. The number of nitrogens with zero attached hydrogens (tertiary/aromatic N) is 2. The Morgan fingerprint density at radius 2 is 2.03 bits per heavy atom. The Morgan fingerprint density at radius 1 is 1.28 bits per heavy atom. The summed E-state index contributed by atoms with van der Waals surface area (Å²) in [5.41, 5.74) is 6.93. The summed E-state index contributed by atoms with van der Waals surface area (Å²) in [6.07, 6.45) is 4.00. The highest BCUT2D eigenvalue weighted by Gasteiger charge is 2.28. The number of primary amides is 1. The molecule has 3 N–H and O–H groups in total. The van der Waals surface area contributed by atoms with Gasteiger partial charge in [0.2, 0.25) is 15.9 Å². The summed E-state index contributed by atoms with van der Waals surface area (Å²) >= 11 is 2.62. The summed E-state index contributed by atoms with van der Waals surface area (Å²) in [4.78, 5) is 30.1. The van der Waals surface area contributed by atoms with E-state index < -0.39 is 21.2 Å². The molecule has 0 radical (unpaired) electrons. The molecule has 0 bridgehead atoms. The van der Waals surface area contributed by atoms with E-state index in [-0.39, 0.29) is 10.8 Å². The molecule has 1 aliphatic heterocycles. The number of carbonyl (C=O) groups is 2. The van der Waals surface area contributed by atoms with Crippen LogP contribution in [0.25, 0.3) is 0 Å². The zero-order valence-electron chi connectivity index (χ0n) is 17.5. The van der Waals surface area contributed by atoms with Crippen LogP contribution in [0.1, 0.15) is 34.1 Å². The number of fused-ring (bicyclic) bond motifs is 1. The fourth-order valence-electron chi connectivity index (χ4n) is 3.73. The molecule has 1 saturated heterocycles. The monoisotopic (exact) mass is 496 g/mol. The van der Waals surface area contributed by atoms with E-state index in [1.54, 1.807) is 13.0 Å². The number of ether oxygens (including phenoxy) is 1. The third kappa shape index (κ3) is 4.69. The molecule has 1 fully saturated rings. The van der Waals surface area contributed by atoms with Crippen molar-refractivity contribution in [3.63, 3.8) is 0 Å². The molecule has 0 spiro atoms. The van der Waals surface area contributed by atoms with Crippen LogP contribution in [0.15, 0.2) is 28.3 Å². The highest BCUT2D eigenvalue weighted by atomic mass is 32.2. The average Bonchev–Trinajstić information content (AvgIpc) is 3.35. The first-order valence-electron chi connectivity index (χ1n) is 10.2. The van der Waals surface area contributed by atoms with E-state index in [9.17, 15) is 18.0 Å². The maximum atomic E-state index is 12.7. The molecular formula is C20H24N4O5S3. The van der Waals surface area contributed by atoms with Crippen LogP contribution in [0, 0.1) is 0 Å². The molecule has 0 unspecified atom stereocenters. The van der Waals surface area contributed by atoms with Gasteiger partial charge in [-0.15, -0.1) is 11.3 Å². The van der Waals surface area contributed by atoms with Gasteiger partial charge in [0.15, 0.2) is 0 Å². The predicted octanol–water partition coefficient (Wildman–Crippen LogP) is 1.87. The number of amides is 2. The lowest BCUT2D eigenvalue weighted by Crippen LogP contribution is -2.40. The van der Waals surface area contributed by atoms with Crippen molar-refractivity contribution >= 4 is 49.9 Å². The second-order valence-corrected chi connectivity index (χ2v) is 11.9. The molecule has 2 aromatic rings. The Bertz CT molecular complexity index is 1120. The predicted molar refractivity (Wildman–Crippen MR) is 123 cm³/mol. The zero-order chi connectivity index (χ0) is 22.9. The molecule has 9 nitrogen and oxygen atoms in total. The number of thioether (sulfide) groups is 1. The van der Waals surface area contributed by atoms with E-state index in [1.807, 2.05) is 0 Å². The number of carbonyl (C=O) groups excluding carboxylic acids is 2. The van der Waals surface area contributed by atoms with Crippen molar-refractivity contribution in [2.45, 2.75) is 41.4 Å². The number of nitrogens with one attached hydrogen (secondary N) is 1. The lowest BCUT2D eigenvalue weighted by molar-refractivity contribution is -0.115. The first-order valence-corrected chi connectivity index (χ1v) is 13.4. The number of anilines is 1. The fourth-order valence-corrected chi connectivity index (χ4v) is 7.17. The number of hydrogen-bond acceptors (Lipinski definition) is 8. The number of hydrogen-bond donors (Lipinski definition) is 2. The first-order chi connectivity index (χ1) is 15.3. The number of aryl methyl sites for hydroxylation is 1. The lowest BCUT2D eigenvalue weighted by atomic mass is 10.1. The molecular weight excluding hydrogens is 472 g/mol. The molecule has 3 heterocycles. The number of pyridine rings is 1. The number of sulfonamides is 1. The van der Waals surface area contributed by atoms with Gasteiger partial charge in [0.25, 0.3) is 5.91 Å². The maximum absolute atomic E-state index is 12.7. The van der Waals surface area contributed by atoms with Crippen LogP contribution < -0.4 is 11.1 Å². The zero-order valence-corrected chi connectivity index (χ0v) is 19.9. The summed E-state index contributed by atoms with van der Waals surface area (Å²) in [5.74, 6) is -0.803. The van der Waals surface area contributed by atoms with Gasteiger partial charge in [0, 0.05) is 24.2 Å². The fraction of sp³-hybridized carbons (Fsp3) is 0.450. The summed E-state index contributed by atoms with van der Waals surface area (Å²) in [6.45, 7) is 3.10. The molecule has 12 heteroatoms. The van der Waals surface area contributed by atoms with Gasteiger partial charge in [-0.25, -0.2) is 13.4 Å². The largest absolute Gasteiger partial charge is 0.379 e. The normalized spacial score (nSPS) is 17.7. The van der Waals surface area contributed by atoms with Crippen molar-refractivity contribution in [1.82, 2.24) is 9.29 Å². The van der Waals surface area contributed by atoms with Crippen molar-refractivity contribution in [2.24, 2.45) is 5.73 Å². The van der Waals surface area contributed by atoms with Crippen LogP contribution in [0.2, 0.25) is 0 Å². The maximum Gasteiger partial charge on any atom is 0.251 e. The third-order valence-electron chi connectivity index (χ3n) is 5.39. The van der Waals surface area contributed by atoms with E-state index in [1.165, 1.54) is 39.7 Å².